The molecule has 4 amide bonds. The number of rotatable bonds is 19. The molecule has 0 aromatic heterocycles. The summed E-state index contributed by atoms with van der Waals surface area (Å²) in [5.41, 5.74) is 16.5. The Morgan fingerprint density at radius 2 is 1.10 bits per heavy atom. The van der Waals surface area contributed by atoms with E-state index in [-0.39, 0.29) is 43.1 Å². The van der Waals surface area contributed by atoms with Gasteiger partial charge in [-0.1, -0.05) is 41.5 Å². The first-order valence-electron chi connectivity index (χ1n) is 14.2. The Morgan fingerprint density at radius 3 is 1.54 bits per heavy atom. The summed E-state index contributed by atoms with van der Waals surface area (Å²) in [7, 11) is 0. The number of carboxylic acids is 1. The highest BCUT2D eigenvalue weighted by atomic mass is 16.4. The predicted octanol–water partition coefficient (Wildman–Crippen LogP) is -0.451. The van der Waals surface area contributed by atoms with E-state index >= 15 is 0 Å². The fourth-order valence-electron chi connectivity index (χ4n) is 4.01. The molecule has 0 bridgehead atoms. The van der Waals surface area contributed by atoms with E-state index in [1.807, 2.05) is 41.5 Å². The van der Waals surface area contributed by atoms with Gasteiger partial charge in [-0.15, -0.1) is 0 Å². The van der Waals surface area contributed by atoms with Crippen LogP contribution < -0.4 is 38.5 Å². The van der Waals surface area contributed by atoms with E-state index in [1.165, 1.54) is 6.92 Å². The zero-order chi connectivity index (χ0) is 31.9. The van der Waals surface area contributed by atoms with E-state index in [4.69, 9.17) is 17.2 Å². The maximum atomic E-state index is 13.2. The van der Waals surface area contributed by atoms with Crippen LogP contribution in [-0.4, -0.2) is 77.4 Å². The largest absolute Gasteiger partial charge is 0.480 e. The molecule has 0 aliphatic carbocycles. The number of amides is 4. The Kier molecular flexibility index (Phi) is 17.3. The lowest BCUT2D eigenvalue weighted by atomic mass is 9.99. The smallest absolute Gasteiger partial charge is 0.326 e. The zero-order valence-electron chi connectivity index (χ0n) is 25.5. The first-order valence-corrected chi connectivity index (χ1v) is 14.2. The third-order valence-corrected chi connectivity index (χ3v) is 6.05. The Labute approximate surface area is 243 Å². The molecule has 0 spiro atoms. The number of nitrogens with two attached hydrogens (primary N) is 3. The monoisotopic (exact) mass is 584 g/mol. The second kappa shape index (κ2) is 18.8. The SMILES string of the molecule is CC(C)C[C@H](NC(=O)[C@H](CC(C)C)NC(=O)[C@@H](N)CC(C)C)C(=O)N[C@@H](C)C(=O)N[C@@H](CCCN=C(N)N)C(=O)O. The average molecular weight is 585 g/mol. The van der Waals surface area contributed by atoms with Gasteiger partial charge in [0.1, 0.15) is 24.2 Å². The highest BCUT2D eigenvalue weighted by molar-refractivity contribution is 5.95. The molecule has 14 nitrogen and oxygen atoms in total. The van der Waals surface area contributed by atoms with E-state index in [1.54, 1.807) is 0 Å². The molecule has 14 heteroatoms. The van der Waals surface area contributed by atoms with Gasteiger partial charge in [0, 0.05) is 6.54 Å². The Bertz CT molecular complexity index is 904. The summed E-state index contributed by atoms with van der Waals surface area (Å²) in [5, 5.41) is 19.9. The molecule has 0 rings (SSSR count). The first kappa shape index (κ1) is 37.6. The van der Waals surface area contributed by atoms with Gasteiger partial charge in [-0.25, -0.2) is 4.79 Å². The van der Waals surface area contributed by atoms with Crippen LogP contribution in [0.25, 0.3) is 0 Å². The molecule has 5 atom stereocenters. The van der Waals surface area contributed by atoms with Crippen molar-refractivity contribution < 1.29 is 29.1 Å². The van der Waals surface area contributed by atoms with Crippen LogP contribution in [-0.2, 0) is 24.0 Å². The quantitative estimate of drug-likeness (QED) is 0.0556. The van der Waals surface area contributed by atoms with E-state index in [9.17, 15) is 29.1 Å². The molecule has 0 aliphatic rings. The van der Waals surface area contributed by atoms with Crippen LogP contribution in [0.2, 0.25) is 0 Å². The number of aliphatic carboxylic acids is 1. The highest BCUT2D eigenvalue weighted by Crippen LogP contribution is 2.11. The van der Waals surface area contributed by atoms with Gasteiger partial charge in [0.25, 0.3) is 0 Å². The lowest BCUT2D eigenvalue weighted by Gasteiger charge is -2.27. The number of carbonyl (C=O) groups excluding carboxylic acids is 4. The van der Waals surface area contributed by atoms with Crippen LogP contribution in [0, 0.1) is 17.8 Å². The number of hydrogen-bond donors (Lipinski definition) is 8. The van der Waals surface area contributed by atoms with Crippen molar-refractivity contribution in [3.63, 3.8) is 0 Å². The van der Waals surface area contributed by atoms with Crippen LogP contribution in [0.15, 0.2) is 4.99 Å². The molecule has 0 unspecified atom stereocenters. The third kappa shape index (κ3) is 16.4. The fraction of sp³-hybridized carbons (Fsp3) is 0.778. The molecule has 0 radical (unpaired) electrons. The number of nitrogens with one attached hydrogen (secondary N) is 4. The maximum absolute atomic E-state index is 13.2. The molecule has 41 heavy (non-hydrogen) atoms. The van der Waals surface area contributed by atoms with Gasteiger partial charge < -0.3 is 43.6 Å². The van der Waals surface area contributed by atoms with Gasteiger partial charge in [0.05, 0.1) is 6.04 Å². The van der Waals surface area contributed by atoms with E-state index in [0.717, 1.165) is 0 Å². The van der Waals surface area contributed by atoms with E-state index in [2.05, 4.69) is 26.3 Å². The summed E-state index contributed by atoms with van der Waals surface area (Å²) in [4.78, 5) is 67.1. The second-order valence-electron chi connectivity index (χ2n) is 11.7. The minimum atomic E-state index is -1.24. The molecular weight excluding hydrogens is 532 g/mol. The van der Waals surface area contributed by atoms with E-state index < -0.39 is 59.8 Å². The third-order valence-electron chi connectivity index (χ3n) is 6.05. The first-order chi connectivity index (χ1) is 18.9. The molecule has 0 aromatic carbocycles. The maximum Gasteiger partial charge on any atom is 0.326 e. The number of aliphatic imine (C=N–C) groups is 1. The average Bonchev–Trinajstić information content (AvgIpc) is 2.83. The summed E-state index contributed by atoms with van der Waals surface area (Å²) in [6, 6.07) is -4.96. The molecule has 0 heterocycles. The van der Waals surface area contributed by atoms with Gasteiger partial charge in [0.15, 0.2) is 5.96 Å². The van der Waals surface area contributed by atoms with Crippen LogP contribution >= 0.6 is 0 Å². The number of carboxylic acid groups (broad SMARTS) is 1. The molecule has 0 saturated heterocycles. The van der Waals surface area contributed by atoms with Gasteiger partial charge in [-0.05, 0) is 56.8 Å². The lowest BCUT2D eigenvalue weighted by Crippen LogP contribution is -2.58. The molecular formula is C27H52N8O6. The highest BCUT2D eigenvalue weighted by Gasteiger charge is 2.31. The van der Waals surface area contributed by atoms with Crippen molar-refractivity contribution in [1.29, 1.82) is 0 Å². The van der Waals surface area contributed by atoms with Crippen molar-refractivity contribution in [1.82, 2.24) is 21.3 Å². The normalized spacial score (nSPS) is 14.9. The topological polar surface area (TPSA) is 244 Å². The Hall–Kier alpha value is -3.42. The van der Waals surface area contributed by atoms with Crippen LogP contribution in [0.4, 0.5) is 0 Å². The van der Waals surface area contributed by atoms with Crippen molar-refractivity contribution >= 4 is 35.6 Å². The molecule has 236 valence electrons. The van der Waals surface area contributed by atoms with Gasteiger partial charge in [-0.2, -0.15) is 0 Å². The summed E-state index contributed by atoms with van der Waals surface area (Å²) in [6.07, 6.45) is 1.45. The van der Waals surface area contributed by atoms with Crippen molar-refractivity contribution in [2.75, 3.05) is 6.54 Å². The Morgan fingerprint density at radius 1 is 0.659 bits per heavy atom. The lowest BCUT2D eigenvalue weighted by molar-refractivity contribution is -0.142. The standard InChI is InChI=1S/C27H52N8O6/c1-14(2)11-18(28)23(37)34-21(13-16(5)6)25(39)35-20(12-15(3)4)24(38)32-17(7)22(36)33-19(26(40)41)9-8-10-31-27(29)30/h14-21H,8-13,28H2,1-7H3,(H,32,38)(H,33,36)(H,34,37)(H,35,39)(H,40,41)(H4,29,30,31)/t17-,18-,19-,20-,21-/m0/s1. The summed E-state index contributed by atoms with van der Waals surface area (Å²) < 4.78 is 0. The van der Waals surface area contributed by atoms with Crippen molar-refractivity contribution in [2.45, 2.75) is 111 Å². The summed E-state index contributed by atoms with van der Waals surface area (Å²) >= 11 is 0. The van der Waals surface area contributed by atoms with Crippen molar-refractivity contribution in [2.24, 2.45) is 39.9 Å². The van der Waals surface area contributed by atoms with Gasteiger partial charge in [-0.3, -0.25) is 24.2 Å². The minimum Gasteiger partial charge on any atom is -0.480 e. The zero-order valence-corrected chi connectivity index (χ0v) is 25.5. The minimum absolute atomic E-state index is 0.00870. The number of carbonyl (C=O) groups is 5. The van der Waals surface area contributed by atoms with Gasteiger partial charge in [0.2, 0.25) is 23.6 Å². The number of hydrogen-bond acceptors (Lipinski definition) is 7. The number of guanidine groups is 1. The molecule has 0 aliphatic heterocycles. The molecule has 11 N–H and O–H groups in total. The molecule has 0 aromatic rings. The van der Waals surface area contributed by atoms with Crippen LogP contribution in [0.3, 0.4) is 0 Å². The van der Waals surface area contributed by atoms with Gasteiger partial charge >= 0.3 is 5.97 Å². The van der Waals surface area contributed by atoms with Crippen molar-refractivity contribution in [3.8, 4) is 0 Å². The fourth-order valence-corrected chi connectivity index (χ4v) is 4.01. The van der Waals surface area contributed by atoms with Crippen LogP contribution in [0.5, 0.6) is 0 Å². The molecule has 0 fully saturated rings. The summed E-state index contributed by atoms with van der Waals surface area (Å²) in [5.74, 6) is -3.38. The summed E-state index contributed by atoms with van der Waals surface area (Å²) in [6.45, 7) is 13.1. The Balaban J connectivity index is 5.45. The number of nitrogens with zero attached hydrogens (tertiary/aromatic N) is 1. The van der Waals surface area contributed by atoms with Crippen molar-refractivity contribution in [3.05, 3.63) is 0 Å². The van der Waals surface area contributed by atoms with Crippen LogP contribution in [0.1, 0.15) is 80.6 Å². The molecule has 0 saturated carbocycles. The predicted molar refractivity (Wildman–Crippen MR) is 157 cm³/mol. The van der Waals surface area contributed by atoms with E-state index in [0.29, 0.717) is 19.3 Å². The second-order valence-corrected chi connectivity index (χ2v) is 11.7.